The van der Waals surface area contributed by atoms with E-state index in [-0.39, 0.29) is 17.8 Å². The van der Waals surface area contributed by atoms with E-state index in [1.54, 1.807) is 23.1 Å². The number of likely N-dealkylation sites (tertiary alicyclic amines) is 1. The Labute approximate surface area is 178 Å². The van der Waals surface area contributed by atoms with Crippen LogP contribution in [0.2, 0.25) is 0 Å². The van der Waals surface area contributed by atoms with Gasteiger partial charge in [0.2, 0.25) is 0 Å². The molecule has 0 bridgehead atoms. The normalized spacial score (nSPS) is 16.8. The molecule has 3 aromatic rings. The number of nitrogen functional groups attached to an aromatic ring is 1. The summed E-state index contributed by atoms with van der Waals surface area (Å²) in [7, 11) is 1.85. The molecule has 0 aliphatic carbocycles. The summed E-state index contributed by atoms with van der Waals surface area (Å²) < 4.78 is 2.82. The largest absolute Gasteiger partial charge is 0.383 e. The third kappa shape index (κ3) is 4.49. The number of carbonyl (C=O) groups excluding carboxylic acids is 1. The van der Waals surface area contributed by atoms with Crippen molar-refractivity contribution in [2.75, 3.05) is 18.8 Å². The molecule has 1 aliphatic rings. The van der Waals surface area contributed by atoms with E-state index in [0.717, 1.165) is 41.7 Å². The van der Waals surface area contributed by atoms with Gasteiger partial charge in [-0.2, -0.15) is 5.10 Å². The van der Waals surface area contributed by atoms with E-state index in [2.05, 4.69) is 48.4 Å². The first-order chi connectivity index (χ1) is 14.0. The summed E-state index contributed by atoms with van der Waals surface area (Å²) in [5.41, 5.74) is 9.35. The molecule has 29 heavy (non-hydrogen) atoms. The first kappa shape index (κ1) is 19.6. The summed E-state index contributed by atoms with van der Waals surface area (Å²) in [5, 5.41) is 7.29. The second-order valence-corrected chi connectivity index (χ2v) is 8.20. The smallest absolute Gasteiger partial charge is 0.255 e. The van der Waals surface area contributed by atoms with Crippen molar-refractivity contribution in [3.63, 3.8) is 0 Å². The summed E-state index contributed by atoms with van der Waals surface area (Å²) in [4.78, 5) is 19.4. The van der Waals surface area contributed by atoms with Gasteiger partial charge in [0.15, 0.2) is 0 Å². The van der Waals surface area contributed by atoms with E-state index in [1.165, 1.54) is 5.56 Å². The zero-order chi connectivity index (χ0) is 20.4. The molecule has 0 saturated carbocycles. The second-order valence-electron chi connectivity index (χ2n) is 7.35. The molecule has 1 amide bonds. The molecule has 1 aromatic carbocycles. The van der Waals surface area contributed by atoms with Crippen LogP contribution in [0.3, 0.4) is 0 Å². The van der Waals surface area contributed by atoms with Gasteiger partial charge in [-0.1, -0.05) is 34.1 Å². The minimum Gasteiger partial charge on any atom is -0.383 e. The van der Waals surface area contributed by atoms with Crippen LogP contribution >= 0.6 is 15.9 Å². The molecule has 1 atom stereocenters. The van der Waals surface area contributed by atoms with Crippen molar-refractivity contribution in [1.82, 2.24) is 25.0 Å². The highest BCUT2D eigenvalue weighted by Crippen LogP contribution is 2.23. The van der Waals surface area contributed by atoms with E-state index in [4.69, 9.17) is 5.73 Å². The Morgan fingerprint density at radius 2 is 2.14 bits per heavy atom. The number of aryl methyl sites for hydroxylation is 1. The lowest BCUT2D eigenvalue weighted by Crippen LogP contribution is -2.37. The number of pyridine rings is 1. The maximum atomic E-state index is 12.9. The fourth-order valence-electron chi connectivity index (χ4n) is 3.61. The van der Waals surface area contributed by atoms with Crippen molar-refractivity contribution in [3.8, 4) is 11.1 Å². The van der Waals surface area contributed by atoms with Crippen LogP contribution < -0.4 is 11.1 Å². The number of carbonyl (C=O) groups is 1. The highest BCUT2D eigenvalue weighted by atomic mass is 79.9. The monoisotopic (exact) mass is 454 g/mol. The summed E-state index contributed by atoms with van der Waals surface area (Å²) in [6, 6.07) is 10.1. The minimum absolute atomic E-state index is 0.0893. The van der Waals surface area contributed by atoms with E-state index < -0.39 is 0 Å². The quantitative estimate of drug-likeness (QED) is 0.618. The molecular formula is C21H23BrN6O. The van der Waals surface area contributed by atoms with E-state index in [1.807, 2.05) is 25.4 Å². The number of benzene rings is 1. The molecular weight excluding hydrogens is 432 g/mol. The number of nitrogens with zero attached hydrogens (tertiary/aromatic N) is 4. The van der Waals surface area contributed by atoms with Crippen molar-refractivity contribution in [3.05, 3.63) is 64.5 Å². The summed E-state index contributed by atoms with van der Waals surface area (Å²) in [6.07, 6.45) is 6.20. The molecule has 1 aliphatic heterocycles. The third-order valence-corrected chi connectivity index (χ3v) is 5.93. The fraction of sp³-hybridized carbons (Fsp3) is 0.286. The molecule has 0 unspecified atom stereocenters. The molecule has 7 nitrogen and oxygen atoms in total. The topological polar surface area (TPSA) is 89.1 Å². The van der Waals surface area contributed by atoms with Gasteiger partial charge in [0.1, 0.15) is 5.82 Å². The van der Waals surface area contributed by atoms with Crippen LogP contribution in [0.5, 0.6) is 0 Å². The first-order valence-electron chi connectivity index (χ1n) is 9.51. The van der Waals surface area contributed by atoms with Gasteiger partial charge < -0.3 is 11.1 Å². The minimum atomic E-state index is -0.187. The number of halogens is 1. The Morgan fingerprint density at radius 3 is 2.90 bits per heavy atom. The Balaban J connectivity index is 1.41. The van der Waals surface area contributed by atoms with Gasteiger partial charge in [-0.05, 0) is 24.1 Å². The summed E-state index contributed by atoms with van der Waals surface area (Å²) in [6.45, 7) is 2.60. The number of hydrogen-bond acceptors (Lipinski definition) is 5. The van der Waals surface area contributed by atoms with Crippen molar-refractivity contribution in [1.29, 1.82) is 0 Å². The Morgan fingerprint density at radius 1 is 1.31 bits per heavy atom. The highest BCUT2D eigenvalue weighted by Gasteiger charge is 2.25. The van der Waals surface area contributed by atoms with Crippen molar-refractivity contribution in [2.45, 2.75) is 19.0 Å². The molecule has 0 spiro atoms. The Kier molecular flexibility index (Phi) is 5.64. The summed E-state index contributed by atoms with van der Waals surface area (Å²) >= 11 is 3.60. The van der Waals surface area contributed by atoms with Gasteiger partial charge in [-0.15, -0.1) is 0 Å². The predicted octanol–water partition coefficient (Wildman–Crippen LogP) is 2.83. The molecule has 3 N–H and O–H groups in total. The average Bonchev–Trinajstić information content (AvgIpc) is 3.33. The molecule has 0 radical (unpaired) electrons. The van der Waals surface area contributed by atoms with Gasteiger partial charge in [-0.25, -0.2) is 4.98 Å². The Bertz CT molecular complexity index is 1030. The molecule has 8 heteroatoms. The average molecular weight is 455 g/mol. The van der Waals surface area contributed by atoms with Crippen LogP contribution in [-0.2, 0) is 13.6 Å². The van der Waals surface area contributed by atoms with Gasteiger partial charge in [0, 0.05) is 60.7 Å². The van der Waals surface area contributed by atoms with Crippen LogP contribution in [0.25, 0.3) is 11.1 Å². The number of hydrogen-bond donors (Lipinski definition) is 2. The zero-order valence-corrected chi connectivity index (χ0v) is 17.8. The van der Waals surface area contributed by atoms with Crippen LogP contribution in [0, 0.1) is 0 Å². The van der Waals surface area contributed by atoms with Gasteiger partial charge >= 0.3 is 0 Å². The van der Waals surface area contributed by atoms with Gasteiger partial charge in [0.05, 0.1) is 11.8 Å². The van der Waals surface area contributed by atoms with E-state index in [0.29, 0.717) is 5.56 Å². The molecule has 4 rings (SSSR count). The number of nitrogens with one attached hydrogen (secondary N) is 1. The first-order valence-corrected chi connectivity index (χ1v) is 10.3. The molecule has 150 valence electrons. The van der Waals surface area contributed by atoms with Crippen LogP contribution in [0.4, 0.5) is 5.82 Å². The maximum Gasteiger partial charge on any atom is 0.255 e. The number of nitrogens with two attached hydrogens (primary N) is 1. The zero-order valence-electron chi connectivity index (χ0n) is 16.2. The third-order valence-electron chi connectivity index (χ3n) is 5.16. The lowest BCUT2D eigenvalue weighted by atomic mass is 10.1. The molecule has 2 aromatic heterocycles. The number of anilines is 1. The van der Waals surface area contributed by atoms with E-state index in [9.17, 15) is 4.79 Å². The molecule has 1 saturated heterocycles. The van der Waals surface area contributed by atoms with E-state index >= 15 is 0 Å². The molecule has 3 heterocycles. The van der Waals surface area contributed by atoms with Crippen molar-refractivity contribution in [2.24, 2.45) is 7.05 Å². The van der Waals surface area contributed by atoms with Crippen LogP contribution in [0.1, 0.15) is 22.3 Å². The standard InChI is InChI=1S/C21H23BrN6O/c1-27-11-16(10-25-27)15-8-18(20(23)24-9-15)21(29)26-17-6-7-28(13-17)12-14-4-2-3-5-19(14)22/h2-5,8-11,17H,6-7,12-13H2,1H3,(H2,23,24)(H,26,29)/t17-/m1/s1. The number of amides is 1. The van der Waals surface area contributed by atoms with Crippen LogP contribution in [-0.4, -0.2) is 44.7 Å². The van der Waals surface area contributed by atoms with Gasteiger partial charge in [0.25, 0.3) is 5.91 Å². The highest BCUT2D eigenvalue weighted by molar-refractivity contribution is 9.10. The Hall–Kier alpha value is -2.71. The predicted molar refractivity (Wildman–Crippen MR) is 116 cm³/mol. The van der Waals surface area contributed by atoms with Crippen molar-refractivity contribution >= 4 is 27.7 Å². The fourth-order valence-corrected chi connectivity index (χ4v) is 4.02. The lowest BCUT2D eigenvalue weighted by molar-refractivity contribution is 0.0938. The van der Waals surface area contributed by atoms with Gasteiger partial charge in [-0.3, -0.25) is 14.4 Å². The SMILES string of the molecule is Cn1cc(-c2cnc(N)c(C(=O)N[C@@H]3CCN(Cc4ccccc4Br)C3)c2)cn1. The maximum absolute atomic E-state index is 12.9. The number of rotatable bonds is 5. The lowest BCUT2D eigenvalue weighted by Gasteiger charge is -2.18. The second kappa shape index (κ2) is 8.34. The molecule has 1 fully saturated rings. The van der Waals surface area contributed by atoms with Crippen LogP contribution in [0.15, 0.2) is 53.4 Å². The number of aromatic nitrogens is 3. The summed E-state index contributed by atoms with van der Waals surface area (Å²) in [5.74, 6) is 0.0479. The van der Waals surface area contributed by atoms with Crippen molar-refractivity contribution < 1.29 is 4.79 Å².